The first kappa shape index (κ1) is 23.7. The third-order valence-corrected chi connectivity index (χ3v) is 5.06. The van der Waals surface area contributed by atoms with Gasteiger partial charge in [0.2, 0.25) is 5.91 Å². The number of nitrogens with zero attached hydrogens (tertiary/aromatic N) is 1. The van der Waals surface area contributed by atoms with Gasteiger partial charge in [-0.15, -0.1) is 0 Å². The van der Waals surface area contributed by atoms with E-state index in [9.17, 15) is 14.0 Å². The number of ether oxygens (including phenoxy) is 1. The molecule has 0 unspecified atom stereocenters. The van der Waals surface area contributed by atoms with Crippen LogP contribution >= 0.6 is 0 Å². The Morgan fingerprint density at radius 2 is 1.67 bits per heavy atom. The average Bonchev–Trinajstić information content (AvgIpc) is 2.81. The van der Waals surface area contributed by atoms with E-state index in [1.807, 2.05) is 43.3 Å². The van der Waals surface area contributed by atoms with E-state index in [1.165, 1.54) is 12.1 Å². The number of carboxylic acid groups (broad SMARTS) is 1. The number of aliphatic carboxylic acids is 1. The maximum atomic E-state index is 13.8. The van der Waals surface area contributed by atoms with Crippen LogP contribution in [0.3, 0.4) is 0 Å². The lowest BCUT2D eigenvalue weighted by Gasteiger charge is -2.23. The fourth-order valence-electron chi connectivity index (χ4n) is 3.31. The lowest BCUT2D eigenvalue weighted by molar-refractivity contribution is -0.131. The summed E-state index contributed by atoms with van der Waals surface area (Å²) in [4.78, 5) is 24.9. The second-order valence-electron chi connectivity index (χ2n) is 7.54. The molecular weight excluding hydrogens is 421 g/mol. The van der Waals surface area contributed by atoms with Crippen molar-refractivity contribution >= 4 is 17.6 Å². The minimum Gasteiger partial charge on any atom is -0.478 e. The van der Waals surface area contributed by atoms with Crippen molar-refractivity contribution in [1.82, 2.24) is 0 Å². The summed E-state index contributed by atoms with van der Waals surface area (Å²) in [6, 6.07) is 21.2. The van der Waals surface area contributed by atoms with Gasteiger partial charge in [-0.2, -0.15) is 0 Å². The summed E-state index contributed by atoms with van der Waals surface area (Å²) < 4.78 is 19.0. The fourth-order valence-corrected chi connectivity index (χ4v) is 3.31. The molecule has 0 aliphatic rings. The van der Waals surface area contributed by atoms with Crippen molar-refractivity contribution in [2.24, 2.45) is 0 Å². The first-order chi connectivity index (χ1) is 16.0. The molecule has 5 nitrogen and oxygen atoms in total. The van der Waals surface area contributed by atoms with Crippen LogP contribution in [-0.2, 0) is 16.1 Å². The van der Waals surface area contributed by atoms with Crippen molar-refractivity contribution in [3.8, 4) is 16.9 Å². The van der Waals surface area contributed by atoms with Crippen LogP contribution in [0.2, 0.25) is 0 Å². The topological polar surface area (TPSA) is 66.8 Å². The predicted molar refractivity (Wildman–Crippen MR) is 126 cm³/mol. The monoisotopic (exact) mass is 447 g/mol. The van der Waals surface area contributed by atoms with Crippen molar-refractivity contribution in [3.63, 3.8) is 0 Å². The van der Waals surface area contributed by atoms with Crippen molar-refractivity contribution in [1.29, 1.82) is 0 Å². The molecule has 1 N–H and O–H groups in total. The number of carbonyl (C=O) groups excluding carboxylic acids is 1. The molecular formula is C27H26FNO4. The number of unbranched alkanes of at least 4 members (excludes halogenated alkanes) is 1. The molecule has 6 heteroatoms. The summed E-state index contributed by atoms with van der Waals surface area (Å²) in [6.07, 6.45) is 4.17. The maximum Gasteiger partial charge on any atom is 0.331 e. The number of hydrogen-bond donors (Lipinski definition) is 1. The van der Waals surface area contributed by atoms with Crippen LogP contribution in [0.5, 0.6) is 5.75 Å². The molecule has 33 heavy (non-hydrogen) atoms. The molecule has 0 aromatic heterocycles. The number of hydrogen-bond acceptors (Lipinski definition) is 3. The quantitative estimate of drug-likeness (QED) is 0.297. The van der Waals surface area contributed by atoms with Gasteiger partial charge < -0.3 is 14.7 Å². The van der Waals surface area contributed by atoms with Gasteiger partial charge in [0.1, 0.15) is 11.6 Å². The highest BCUT2D eigenvalue weighted by atomic mass is 19.1. The maximum absolute atomic E-state index is 13.8. The lowest BCUT2D eigenvalue weighted by atomic mass is 10.0. The fraction of sp³-hybridized carbons (Fsp3) is 0.185. The molecule has 0 spiro atoms. The van der Waals surface area contributed by atoms with Gasteiger partial charge in [-0.1, -0.05) is 55.8 Å². The number of amides is 1. The normalized spacial score (nSPS) is 10.8. The Hall–Kier alpha value is -3.93. The van der Waals surface area contributed by atoms with E-state index in [4.69, 9.17) is 9.84 Å². The minimum atomic E-state index is -1.07. The number of anilines is 1. The Labute approximate surface area is 192 Å². The number of rotatable bonds is 10. The molecule has 0 atom stereocenters. The van der Waals surface area contributed by atoms with Crippen molar-refractivity contribution < 1.29 is 23.8 Å². The van der Waals surface area contributed by atoms with Crippen molar-refractivity contribution in [2.75, 3.05) is 4.90 Å². The molecule has 170 valence electrons. The van der Waals surface area contributed by atoms with Gasteiger partial charge in [0.15, 0.2) is 0 Å². The zero-order valence-electron chi connectivity index (χ0n) is 18.4. The molecule has 3 aromatic rings. The number of halogens is 1. The van der Waals surface area contributed by atoms with Crippen LogP contribution in [-0.4, -0.2) is 17.0 Å². The molecule has 3 rings (SSSR count). The molecule has 0 aliphatic carbocycles. The number of carbonyl (C=O) groups is 2. The number of benzene rings is 3. The summed E-state index contributed by atoms with van der Waals surface area (Å²) in [6.45, 7) is 2.39. The molecule has 0 fully saturated rings. The molecule has 0 saturated carbocycles. The molecule has 1 amide bonds. The van der Waals surface area contributed by atoms with E-state index in [0.29, 0.717) is 24.4 Å². The van der Waals surface area contributed by atoms with Gasteiger partial charge >= 0.3 is 5.97 Å². The van der Waals surface area contributed by atoms with E-state index in [-0.39, 0.29) is 11.7 Å². The Morgan fingerprint density at radius 3 is 2.27 bits per heavy atom. The average molecular weight is 448 g/mol. The molecule has 0 radical (unpaired) electrons. The lowest BCUT2D eigenvalue weighted by Crippen LogP contribution is -2.30. The zero-order valence-corrected chi connectivity index (χ0v) is 18.4. The van der Waals surface area contributed by atoms with Crippen molar-refractivity contribution in [3.05, 3.63) is 96.5 Å². The van der Waals surface area contributed by atoms with E-state index in [1.54, 1.807) is 29.2 Å². The summed E-state index contributed by atoms with van der Waals surface area (Å²) in [5.41, 5.74) is 3.44. The molecule has 0 bridgehead atoms. The van der Waals surface area contributed by atoms with Crippen LogP contribution in [0.25, 0.3) is 11.1 Å². The van der Waals surface area contributed by atoms with Gasteiger partial charge in [0, 0.05) is 12.1 Å². The highest BCUT2D eigenvalue weighted by molar-refractivity contribution is 5.93. The highest BCUT2D eigenvalue weighted by Crippen LogP contribution is 2.25. The van der Waals surface area contributed by atoms with Gasteiger partial charge in [-0.3, -0.25) is 4.79 Å². The van der Waals surface area contributed by atoms with E-state index >= 15 is 0 Å². The van der Waals surface area contributed by atoms with E-state index in [0.717, 1.165) is 41.9 Å². The third kappa shape index (κ3) is 7.04. The Bertz CT molecular complexity index is 1110. The second-order valence-corrected chi connectivity index (χ2v) is 7.54. The van der Waals surface area contributed by atoms with Crippen LogP contribution in [0.1, 0.15) is 31.7 Å². The minimum absolute atomic E-state index is 0.0286. The standard InChI is InChI=1S/C27H26FNO4/c1-2-3-7-26(30)29(24-6-4-5-23(28)18-24)19-20-8-10-21(11-9-20)22-12-14-25(15-13-22)33-17-16-27(31)32/h4-6,8-18H,2-3,7,19H2,1H3,(H,31,32)/b17-16+. The third-order valence-electron chi connectivity index (χ3n) is 5.06. The van der Waals surface area contributed by atoms with E-state index < -0.39 is 5.97 Å². The summed E-state index contributed by atoms with van der Waals surface area (Å²) in [7, 11) is 0. The first-order valence-corrected chi connectivity index (χ1v) is 10.8. The molecule has 3 aromatic carbocycles. The number of carboxylic acids is 1. The highest BCUT2D eigenvalue weighted by Gasteiger charge is 2.16. The second kappa shape index (κ2) is 11.6. The van der Waals surface area contributed by atoms with Crippen LogP contribution in [0.4, 0.5) is 10.1 Å². The van der Waals surface area contributed by atoms with Crippen molar-refractivity contribution in [2.45, 2.75) is 32.7 Å². The van der Waals surface area contributed by atoms with Gasteiger partial charge in [-0.25, -0.2) is 9.18 Å². The van der Waals surface area contributed by atoms with Gasteiger partial charge in [0.25, 0.3) is 0 Å². The molecule has 0 aliphatic heterocycles. The predicted octanol–water partition coefficient (Wildman–Crippen LogP) is 6.19. The Morgan fingerprint density at radius 1 is 1.00 bits per heavy atom. The van der Waals surface area contributed by atoms with Gasteiger partial charge in [0.05, 0.1) is 18.9 Å². The zero-order chi connectivity index (χ0) is 23.6. The Balaban J connectivity index is 1.73. The van der Waals surface area contributed by atoms with Crippen LogP contribution in [0, 0.1) is 5.82 Å². The molecule has 0 saturated heterocycles. The summed E-state index contributed by atoms with van der Waals surface area (Å²) >= 11 is 0. The largest absolute Gasteiger partial charge is 0.478 e. The van der Waals surface area contributed by atoms with Gasteiger partial charge in [-0.05, 0) is 53.4 Å². The summed E-state index contributed by atoms with van der Waals surface area (Å²) in [5.74, 6) is -0.944. The van der Waals surface area contributed by atoms with Crippen LogP contribution < -0.4 is 9.64 Å². The SMILES string of the molecule is CCCCC(=O)N(Cc1ccc(-c2ccc(O/C=C/C(=O)O)cc2)cc1)c1cccc(F)c1. The first-order valence-electron chi connectivity index (χ1n) is 10.8. The Kier molecular flexibility index (Phi) is 8.36. The van der Waals surface area contributed by atoms with E-state index in [2.05, 4.69) is 0 Å². The molecule has 0 heterocycles. The smallest absolute Gasteiger partial charge is 0.331 e. The summed E-state index contributed by atoms with van der Waals surface area (Å²) in [5, 5.41) is 8.60. The van der Waals surface area contributed by atoms with Crippen LogP contribution in [0.15, 0.2) is 85.1 Å².